The maximum absolute atomic E-state index is 12.7. The van der Waals surface area contributed by atoms with E-state index in [0.29, 0.717) is 40.5 Å². The van der Waals surface area contributed by atoms with Crippen molar-refractivity contribution in [3.8, 4) is 5.75 Å². The topological polar surface area (TPSA) is 75.7 Å². The summed E-state index contributed by atoms with van der Waals surface area (Å²) in [5.41, 5.74) is 0.321. The number of anilines is 1. The fourth-order valence-electron chi connectivity index (χ4n) is 3.02. The SMILES string of the molecule is CC1CCN(S(=O)(=O)c2ccc(OCC(=O)Nc3c(Cl)cccc3Cl)cc2)CC1. The van der Waals surface area contributed by atoms with Gasteiger partial charge >= 0.3 is 0 Å². The van der Waals surface area contributed by atoms with Crippen LogP contribution in [0.4, 0.5) is 5.69 Å². The molecule has 0 spiro atoms. The van der Waals surface area contributed by atoms with E-state index in [2.05, 4.69) is 12.2 Å². The lowest BCUT2D eigenvalue weighted by atomic mass is 10.0. The van der Waals surface area contributed by atoms with E-state index in [9.17, 15) is 13.2 Å². The average Bonchev–Trinajstić information content (AvgIpc) is 2.70. The van der Waals surface area contributed by atoms with E-state index >= 15 is 0 Å². The molecule has 2 aromatic carbocycles. The Bertz CT molecular complexity index is 952. The second-order valence-corrected chi connectivity index (χ2v) is 9.74. The minimum atomic E-state index is -3.51. The van der Waals surface area contributed by atoms with E-state index < -0.39 is 15.9 Å². The number of hydrogen-bond acceptors (Lipinski definition) is 4. The molecule has 2 aromatic rings. The third kappa shape index (κ3) is 5.42. The van der Waals surface area contributed by atoms with E-state index in [1.165, 1.54) is 28.6 Å². The molecule has 0 atom stereocenters. The van der Waals surface area contributed by atoms with Crippen LogP contribution in [0, 0.1) is 5.92 Å². The minimum Gasteiger partial charge on any atom is -0.484 e. The highest BCUT2D eigenvalue weighted by atomic mass is 35.5. The molecule has 0 saturated carbocycles. The molecule has 6 nitrogen and oxygen atoms in total. The first-order valence-electron chi connectivity index (χ1n) is 9.24. The summed E-state index contributed by atoms with van der Waals surface area (Å²) in [6, 6.07) is 11.0. The van der Waals surface area contributed by atoms with Gasteiger partial charge in [-0.05, 0) is 55.2 Å². The maximum atomic E-state index is 12.7. The van der Waals surface area contributed by atoms with E-state index in [0.717, 1.165) is 12.8 Å². The van der Waals surface area contributed by atoms with Crippen LogP contribution in [-0.2, 0) is 14.8 Å². The van der Waals surface area contributed by atoms with Gasteiger partial charge in [0, 0.05) is 13.1 Å². The van der Waals surface area contributed by atoms with Crippen LogP contribution in [0.5, 0.6) is 5.75 Å². The van der Waals surface area contributed by atoms with Gasteiger partial charge in [0.1, 0.15) is 5.75 Å². The number of piperidine rings is 1. The molecule has 9 heteroatoms. The summed E-state index contributed by atoms with van der Waals surface area (Å²) in [6.07, 6.45) is 1.73. The highest BCUT2D eigenvalue weighted by Crippen LogP contribution is 2.30. The average molecular weight is 457 g/mol. The van der Waals surface area contributed by atoms with Gasteiger partial charge in [0.25, 0.3) is 5.91 Å². The van der Waals surface area contributed by atoms with Crippen molar-refractivity contribution in [1.82, 2.24) is 4.31 Å². The van der Waals surface area contributed by atoms with Gasteiger partial charge in [0.2, 0.25) is 10.0 Å². The second kappa shape index (κ2) is 9.34. The summed E-state index contributed by atoms with van der Waals surface area (Å²) in [6.45, 7) is 2.93. The largest absolute Gasteiger partial charge is 0.484 e. The number of para-hydroxylation sites is 1. The van der Waals surface area contributed by atoms with Gasteiger partial charge < -0.3 is 10.1 Å². The van der Waals surface area contributed by atoms with Crippen LogP contribution in [0.2, 0.25) is 10.0 Å². The zero-order chi connectivity index (χ0) is 21.0. The van der Waals surface area contributed by atoms with Crippen LogP contribution in [0.1, 0.15) is 19.8 Å². The number of benzene rings is 2. The van der Waals surface area contributed by atoms with E-state index in [-0.39, 0.29) is 11.5 Å². The first-order valence-corrected chi connectivity index (χ1v) is 11.4. The molecule has 1 fully saturated rings. The van der Waals surface area contributed by atoms with Crippen molar-refractivity contribution in [2.75, 3.05) is 25.0 Å². The van der Waals surface area contributed by atoms with Gasteiger partial charge in [0.15, 0.2) is 6.61 Å². The quantitative estimate of drug-likeness (QED) is 0.697. The summed E-state index contributed by atoms with van der Waals surface area (Å²) in [5.74, 6) is 0.500. The summed E-state index contributed by atoms with van der Waals surface area (Å²) >= 11 is 12.0. The van der Waals surface area contributed by atoms with Gasteiger partial charge in [-0.25, -0.2) is 8.42 Å². The number of halogens is 2. The van der Waals surface area contributed by atoms with Gasteiger partial charge in [-0.15, -0.1) is 0 Å². The van der Waals surface area contributed by atoms with E-state index in [4.69, 9.17) is 27.9 Å². The van der Waals surface area contributed by atoms with Crippen molar-refractivity contribution >= 4 is 44.8 Å². The summed E-state index contributed by atoms with van der Waals surface area (Å²) < 4.78 is 32.4. The lowest BCUT2D eigenvalue weighted by Crippen LogP contribution is -2.37. The van der Waals surface area contributed by atoms with E-state index in [1.807, 2.05) is 0 Å². The lowest BCUT2D eigenvalue weighted by molar-refractivity contribution is -0.118. The molecular formula is C20H22Cl2N2O4S. The summed E-state index contributed by atoms with van der Waals surface area (Å²) in [5, 5.41) is 3.25. The Morgan fingerprint density at radius 2 is 1.69 bits per heavy atom. The molecule has 1 aliphatic rings. The normalized spacial score (nSPS) is 15.8. The molecule has 3 rings (SSSR count). The Hall–Kier alpha value is -1.80. The predicted octanol–water partition coefficient (Wildman–Crippen LogP) is 4.43. The molecule has 156 valence electrons. The number of amides is 1. The summed E-state index contributed by atoms with van der Waals surface area (Å²) in [7, 11) is -3.51. The molecule has 1 saturated heterocycles. The van der Waals surface area contributed by atoms with Gasteiger partial charge in [-0.3, -0.25) is 4.79 Å². The van der Waals surface area contributed by atoms with Crippen LogP contribution in [0.3, 0.4) is 0 Å². The zero-order valence-corrected chi connectivity index (χ0v) is 18.2. The zero-order valence-electron chi connectivity index (χ0n) is 15.9. The highest BCUT2D eigenvalue weighted by molar-refractivity contribution is 7.89. The van der Waals surface area contributed by atoms with Gasteiger partial charge in [-0.2, -0.15) is 4.31 Å². The first-order chi connectivity index (χ1) is 13.8. The number of ether oxygens (including phenoxy) is 1. The summed E-state index contributed by atoms with van der Waals surface area (Å²) in [4.78, 5) is 12.3. The number of nitrogens with one attached hydrogen (secondary N) is 1. The fourth-order valence-corrected chi connectivity index (χ4v) is 4.99. The number of nitrogens with zero attached hydrogens (tertiary/aromatic N) is 1. The van der Waals surface area contributed by atoms with Crippen molar-refractivity contribution in [1.29, 1.82) is 0 Å². The molecule has 1 amide bonds. The molecule has 0 unspecified atom stereocenters. The molecule has 0 aliphatic carbocycles. The number of sulfonamides is 1. The van der Waals surface area contributed by atoms with Crippen molar-refractivity contribution < 1.29 is 17.9 Å². The van der Waals surface area contributed by atoms with Crippen LogP contribution in [0.15, 0.2) is 47.4 Å². The Morgan fingerprint density at radius 1 is 1.10 bits per heavy atom. The Kier molecular flexibility index (Phi) is 7.05. The van der Waals surface area contributed by atoms with Crippen LogP contribution < -0.4 is 10.1 Å². The van der Waals surface area contributed by atoms with Crippen molar-refractivity contribution in [3.63, 3.8) is 0 Å². The second-order valence-electron chi connectivity index (χ2n) is 6.99. The Labute approximate surface area is 180 Å². The Morgan fingerprint density at radius 3 is 2.28 bits per heavy atom. The number of carbonyl (C=O) groups excluding carboxylic acids is 1. The van der Waals surface area contributed by atoms with Crippen molar-refractivity contribution in [2.24, 2.45) is 5.92 Å². The molecule has 0 radical (unpaired) electrons. The van der Waals surface area contributed by atoms with E-state index in [1.54, 1.807) is 18.2 Å². The third-order valence-electron chi connectivity index (χ3n) is 4.80. The van der Waals surface area contributed by atoms with Crippen molar-refractivity contribution in [3.05, 3.63) is 52.5 Å². The Balaban J connectivity index is 1.58. The molecule has 29 heavy (non-hydrogen) atoms. The standard InChI is InChI=1S/C20H22Cl2N2O4S/c1-14-9-11-24(12-10-14)29(26,27)16-7-5-15(6-8-16)28-13-19(25)23-20-17(21)3-2-4-18(20)22/h2-8,14H,9-13H2,1H3,(H,23,25). The molecule has 0 aromatic heterocycles. The molecule has 0 bridgehead atoms. The number of carbonyl (C=O) groups is 1. The van der Waals surface area contributed by atoms with Gasteiger partial charge in [0.05, 0.1) is 20.6 Å². The van der Waals surface area contributed by atoms with Crippen LogP contribution in [-0.4, -0.2) is 38.3 Å². The minimum absolute atomic E-state index is 0.215. The third-order valence-corrected chi connectivity index (χ3v) is 7.34. The van der Waals surface area contributed by atoms with Crippen molar-refractivity contribution in [2.45, 2.75) is 24.7 Å². The molecule has 1 N–H and O–H groups in total. The number of hydrogen-bond donors (Lipinski definition) is 1. The molecule has 1 heterocycles. The molecule has 1 aliphatic heterocycles. The highest BCUT2D eigenvalue weighted by Gasteiger charge is 2.27. The predicted molar refractivity (Wildman–Crippen MR) is 114 cm³/mol. The monoisotopic (exact) mass is 456 g/mol. The fraction of sp³-hybridized carbons (Fsp3) is 0.350. The lowest BCUT2D eigenvalue weighted by Gasteiger charge is -2.29. The van der Waals surface area contributed by atoms with Crippen LogP contribution in [0.25, 0.3) is 0 Å². The first kappa shape index (κ1) is 21.9. The number of rotatable bonds is 6. The molecular weight excluding hydrogens is 435 g/mol. The maximum Gasteiger partial charge on any atom is 0.262 e. The smallest absolute Gasteiger partial charge is 0.262 e. The van der Waals surface area contributed by atoms with Crippen LogP contribution >= 0.6 is 23.2 Å². The van der Waals surface area contributed by atoms with Gasteiger partial charge in [-0.1, -0.05) is 36.2 Å².